The third kappa shape index (κ3) is 1.32. The Balaban J connectivity index is 2.60. The molecule has 0 bridgehead atoms. The summed E-state index contributed by atoms with van der Waals surface area (Å²) in [5.74, 6) is -0.917. The predicted molar refractivity (Wildman–Crippen MR) is 49.9 cm³/mol. The predicted octanol–water partition coefficient (Wildman–Crippen LogP) is 0.824. The van der Waals surface area contributed by atoms with Crippen LogP contribution in [0.3, 0.4) is 0 Å². The van der Waals surface area contributed by atoms with Gasteiger partial charge in [0.1, 0.15) is 6.54 Å². The van der Waals surface area contributed by atoms with Crippen LogP contribution in [0.4, 0.5) is 0 Å². The first kappa shape index (κ1) is 8.68. The number of fused-ring (bicyclic) bond motifs is 1. The SMILES string of the molecule is Cc1nn(CC(=O)O)c2ncccc12. The fourth-order valence-electron chi connectivity index (χ4n) is 1.41. The van der Waals surface area contributed by atoms with E-state index in [1.807, 2.05) is 19.1 Å². The number of aryl methyl sites for hydroxylation is 1. The van der Waals surface area contributed by atoms with E-state index in [-0.39, 0.29) is 6.54 Å². The van der Waals surface area contributed by atoms with Gasteiger partial charge in [-0.15, -0.1) is 0 Å². The molecule has 72 valence electrons. The van der Waals surface area contributed by atoms with E-state index in [1.165, 1.54) is 4.68 Å². The molecule has 0 aliphatic carbocycles. The molecule has 0 saturated carbocycles. The Morgan fingerprint density at radius 3 is 3.14 bits per heavy atom. The Kier molecular flexibility index (Phi) is 1.92. The molecule has 0 spiro atoms. The van der Waals surface area contributed by atoms with Crippen LogP contribution >= 0.6 is 0 Å². The van der Waals surface area contributed by atoms with Gasteiger partial charge >= 0.3 is 5.97 Å². The third-order valence-electron chi connectivity index (χ3n) is 1.98. The summed E-state index contributed by atoms with van der Waals surface area (Å²) in [5.41, 5.74) is 1.42. The molecule has 0 unspecified atom stereocenters. The fraction of sp³-hybridized carbons (Fsp3) is 0.222. The first-order valence-corrected chi connectivity index (χ1v) is 4.18. The Bertz CT molecular complexity index is 490. The molecule has 2 aromatic heterocycles. The normalized spacial score (nSPS) is 10.6. The van der Waals surface area contributed by atoms with Gasteiger partial charge in [-0.25, -0.2) is 9.67 Å². The molecule has 0 aromatic carbocycles. The Morgan fingerprint density at radius 2 is 2.43 bits per heavy atom. The van der Waals surface area contributed by atoms with Crippen molar-refractivity contribution in [3.8, 4) is 0 Å². The average molecular weight is 191 g/mol. The van der Waals surface area contributed by atoms with Crippen LogP contribution in [-0.4, -0.2) is 25.8 Å². The number of hydrogen-bond acceptors (Lipinski definition) is 3. The van der Waals surface area contributed by atoms with Crippen molar-refractivity contribution in [2.45, 2.75) is 13.5 Å². The van der Waals surface area contributed by atoms with Crippen LogP contribution in [0.2, 0.25) is 0 Å². The molecule has 2 rings (SSSR count). The number of carbonyl (C=O) groups is 1. The second kappa shape index (κ2) is 3.10. The van der Waals surface area contributed by atoms with Crippen LogP contribution in [-0.2, 0) is 11.3 Å². The number of pyridine rings is 1. The van der Waals surface area contributed by atoms with E-state index in [2.05, 4.69) is 10.1 Å². The highest BCUT2D eigenvalue weighted by Crippen LogP contribution is 2.14. The van der Waals surface area contributed by atoms with Gasteiger partial charge in [-0.3, -0.25) is 4.79 Å². The number of rotatable bonds is 2. The standard InChI is InChI=1S/C9H9N3O2/c1-6-7-3-2-4-10-9(7)12(11-6)5-8(13)14/h2-4H,5H2,1H3,(H,13,14). The molecule has 2 heterocycles. The lowest BCUT2D eigenvalue weighted by Gasteiger charge is -1.96. The van der Waals surface area contributed by atoms with E-state index in [4.69, 9.17) is 5.11 Å². The molecule has 5 heteroatoms. The van der Waals surface area contributed by atoms with Crippen molar-refractivity contribution in [2.24, 2.45) is 0 Å². The highest BCUT2D eigenvalue weighted by Gasteiger charge is 2.09. The van der Waals surface area contributed by atoms with Crippen molar-refractivity contribution in [1.29, 1.82) is 0 Å². The van der Waals surface area contributed by atoms with Crippen LogP contribution in [0.1, 0.15) is 5.69 Å². The van der Waals surface area contributed by atoms with Gasteiger partial charge in [0.25, 0.3) is 0 Å². The number of nitrogens with zero attached hydrogens (tertiary/aromatic N) is 3. The molecule has 0 atom stereocenters. The van der Waals surface area contributed by atoms with E-state index < -0.39 is 5.97 Å². The van der Waals surface area contributed by atoms with Crippen LogP contribution < -0.4 is 0 Å². The minimum Gasteiger partial charge on any atom is -0.480 e. The Labute approximate surface area is 80.0 Å². The average Bonchev–Trinajstić information content (AvgIpc) is 2.44. The third-order valence-corrected chi connectivity index (χ3v) is 1.98. The first-order chi connectivity index (χ1) is 6.68. The van der Waals surface area contributed by atoms with Gasteiger partial charge in [0.05, 0.1) is 5.69 Å². The van der Waals surface area contributed by atoms with Crippen LogP contribution in [0.5, 0.6) is 0 Å². The minimum atomic E-state index is -0.917. The van der Waals surface area contributed by atoms with Crippen molar-refractivity contribution in [1.82, 2.24) is 14.8 Å². The van der Waals surface area contributed by atoms with Crippen molar-refractivity contribution in [3.05, 3.63) is 24.0 Å². The maximum atomic E-state index is 10.5. The van der Waals surface area contributed by atoms with Gasteiger partial charge in [0.2, 0.25) is 0 Å². The molecule has 0 aliphatic heterocycles. The lowest BCUT2D eigenvalue weighted by atomic mass is 10.3. The zero-order chi connectivity index (χ0) is 10.1. The smallest absolute Gasteiger partial charge is 0.325 e. The zero-order valence-electron chi connectivity index (χ0n) is 7.64. The second-order valence-corrected chi connectivity index (χ2v) is 3.01. The van der Waals surface area contributed by atoms with Crippen LogP contribution in [0, 0.1) is 6.92 Å². The summed E-state index contributed by atoms with van der Waals surface area (Å²) in [6, 6.07) is 3.69. The van der Waals surface area contributed by atoms with E-state index in [1.54, 1.807) is 6.20 Å². The van der Waals surface area contributed by atoms with E-state index >= 15 is 0 Å². The summed E-state index contributed by atoms with van der Waals surface area (Å²) in [7, 11) is 0. The summed E-state index contributed by atoms with van der Waals surface area (Å²) >= 11 is 0. The van der Waals surface area contributed by atoms with Gasteiger partial charge in [-0.2, -0.15) is 5.10 Å². The second-order valence-electron chi connectivity index (χ2n) is 3.01. The minimum absolute atomic E-state index is 0.151. The molecular formula is C9H9N3O2. The Hall–Kier alpha value is -1.91. The van der Waals surface area contributed by atoms with E-state index in [9.17, 15) is 4.79 Å². The van der Waals surface area contributed by atoms with Gasteiger partial charge in [-0.1, -0.05) is 0 Å². The highest BCUT2D eigenvalue weighted by atomic mass is 16.4. The maximum absolute atomic E-state index is 10.5. The van der Waals surface area contributed by atoms with E-state index in [0.29, 0.717) is 5.65 Å². The number of aromatic nitrogens is 3. The van der Waals surface area contributed by atoms with Crippen molar-refractivity contribution >= 4 is 17.0 Å². The highest BCUT2D eigenvalue weighted by molar-refractivity contribution is 5.79. The molecular weight excluding hydrogens is 182 g/mol. The molecule has 2 aromatic rings. The fourth-order valence-corrected chi connectivity index (χ4v) is 1.41. The largest absolute Gasteiger partial charge is 0.480 e. The number of hydrogen-bond donors (Lipinski definition) is 1. The van der Waals surface area contributed by atoms with E-state index in [0.717, 1.165) is 11.1 Å². The topological polar surface area (TPSA) is 68.0 Å². The number of carboxylic acids is 1. The molecule has 0 radical (unpaired) electrons. The molecule has 0 amide bonds. The zero-order valence-corrected chi connectivity index (χ0v) is 7.64. The summed E-state index contributed by atoms with van der Waals surface area (Å²) in [6.07, 6.45) is 1.63. The van der Waals surface area contributed by atoms with Gasteiger partial charge in [0, 0.05) is 11.6 Å². The lowest BCUT2D eigenvalue weighted by Crippen LogP contribution is -2.10. The summed E-state index contributed by atoms with van der Waals surface area (Å²) in [4.78, 5) is 14.6. The van der Waals surface area contributed by atoms with Gasteiger partial charge < -0.3 is 5.11 Å². The molecule has 0 aliphatic rings. The monoisotopic (exact) mass is 191 g/mol. The van der Waals surface area contributed by atoms with Crippen molar-refractivity contribution < 1.29 is 9.90 Å². The van der Waals surface area contributed by atoms with Gasteiger partial charge in [-0.05, 0) is 19.1 Å². The molecule has 14 heavy (non-hydrogen) atoms. The molecule has 1 N–H and O–H groups in total. The summed E-state index contributed by atoms with van der Waals surface area (Å²) in [5, 5.41) is 13.6. The maximum Gasteiger partial charge on any atom is 0.325 e. The van der Waals surface area contributed by atoms with Crippen LogP contribution in [0.15, 0.2) is 18.3 Å². The summed E-state index contributed by atoms with van der Waals surface area (Å²) < 4.78 is 1.40. The first-order valence-electron chi connectivity index (χ1n) is 4.18. The molecule has 0 saturated heterocycles. The number of carboxylic acid groups (broad SMARTS) is 1. The molecule has 5 nitrogen and oxygen atoms in total. The van der Waals surface area contributed by atoms with Crippen molar-refractivity contribution in [3.63, 3.8) is 0 Å². The Morgan fingerprint density at radius 1 is 1.64 bits per heavy atom. The van der Waals surface area contributed by atoms with Crippen molar-refractivity contribution in [2.75, 3.05) is 0 Å². The summed E-state index contributed by atoms with van der Waals surface area (Å²) in [6.45, 7) is 1.68. The quantitative estimate of drug-likeness (QED) is 0.763. The van der Waals surface area contributed by atoms with Crippen LogP contribution in [0.25, 0.3) is 11.0 Å². The molecule has 0 fully saturated rings. The lowest BCUT2D eigenvalue weighted by molar-refractivity contribution is -0.137. The van der Waals surface area contributed by atoms with Gasteiger partial charge in [0.15, 0.2) is 5.65 Å². The number of aliphatic carboxylic acids is 1.